The first kappa shape index (κ1) is 10.9. The molecule has 84 valence electrons. The monoisotopic (exact) mass is 236 g/mol. The molecular weight excluding hydrogens is 224 g/mol. The normalized spacial score (nSPS) is 10.7. The van der Waals surface area contributed by atoms with Crippen LogP contribution in [0.5, 0.6) is 0 Å². The number of rotatable bonds is 2. The van der Waals surface area contributed by atoms with Crippen molar-refractivity contribution < 1.29 is 0 Å². The number of thioether (sulfide) groups is 1. The van der Waals surface area contributed by atoms with Crippen LogP contribution in [0.25, 0.3) is 5.82 Å². The molecule has 0 aromatic carbocycles. The summed E-state index contributed by atoms with van der Waals surface area (Å²) in [5.41, 5.74) is 5.70. The molecule has 0 unspecified atom stereocenters. The molecule has 0 aliphatic carbocycles. The molecule has 2 aromatic heterocycles. The standard InChI is InChI=1S/C9H12N6S/c1-5-11-6(2)15(14-5)8-4-7(10)12-9(13-8)16-3/h4H,1-3H3,(H2,10,12,13). The lowest BCUT2D eigenvalue weighted by Gasteiger charge is -2.04. The molecule has 0 saturated heterocycles. The predicted molar refractivity (Wildman–Crippen MR) is 62.6 cm³/mol. The summed E-state index contributed by atoms with van der Waals surface area (Å²) in [6, 6.07) is 1.68. The third-order valence-corrected chi connectivity index (χ3v) is 2.53. The highest BCUT2D eigenvalue weighted by atomic mass is 32.2. The fourth-order valence-electron chi connectivity index (χ4n) is 1.37. The molecule has 2 heterocycles. The zero-order chi connectivity index (χ0) is 11.7. The van der Waals surface area contributed by atoms with Crippen molar-refractivity contribution in [1.82, 2.24) is 24.7 Å². The molecule has 2 N–H and O–H groups in total. The van der Waals surface area contributed by atoms with E-state index in [9.17, 15) is 0 Å². The van der Waals surface area contributed by atoms with Gasteiger partial charge in [0.05, 0.1) is 0 Å². The van der Waals surface area contributed by atoms with Crippen molar-refractivity contribution in [3.8, 4) is 5.82 Å². The lowest BCUT2D eigenvalue weighted by molar-refractivity contribution is 0.777. The molecule has 7 heteroatoms. The van der Waals surface area contributed by atoms with Crippen LogP contribution in [-0.4, -0.2) is 31.0 Å². The van der Waals surface area contributed by atoms with Crippen LogP contribution >= 0.6 is 11.8 Å². The molecule has 0 spiro atoms. The molecule has 2 aromatic rings. The van der Waals surface area contributed by atoms with E-state index in [2.05, 4.69) is 20.1 Å². The van der Waals surface area contributed by atoms with Gasteiger partial charge in [-0.3, -0.25) is 0 Å². The molecule has 0 saturated carbocycles. The fourth-order valence-corrected chi connectivity index (χ4v) is 1.75. The summed E-state index contributed by atoms with van der Waals surface area (Å²) in [4.78, 5) is 12.6. The second-order valence-electron chi connectivity index (χ2n) is 3.26. The van der Waals surface area contributed by atoms with E-state index in [0.29, 0.717) is 22.6 Å². The zero-order valence-electron chi connectivity index (χ0n) is 9.30. The minimum absolute atomic E-state index is 0.432. The van der Waals surface area contributed by atoms with Gasteiger partial charge in [-0.15, -0.1) is 5.10 Å². The Balaban J connectivity index is 2.55. The number of aromatic nitrogens is 5. The van der Waals surface area contributed by atoms with Gasteiger partial charge < -0.3 is 5.73 Å². The van der Waals surface area contributed by atoms with Crippen molar-refractivity contribution in [2.24, 2.45) is 0 Å². The van der Waals surface area contributed by atoms with Gasteiger partial charge in [0, 0.05) is 6.07 Å². The van der Waals surface area contributed by atoms with E-state index in [4.69, 9.17) is 5.73 Å². The topological polar surface area (TPSA) is 82.5 Å². The van der Waals surface area contributed by atoms with Gasteiger partial charge in [0.1, 0.15) is 17.5 Å². The van der Waals surface area contributed by atoms with Gasteiger partial charge in [0.15, 0.2) is 11.0 Å². The molecular formula is C9H12N6S. The van der Waals surface area contributed by atoms with Crippen molar-refractivity contribution >= 4 is 17.6 Å². The minimum atomic E-state index is 0.432. The Kier molecular flexibility index (Phi) is 2.78. The molecule has 0 radical (unpaired) electrons. The quantitative estimate of drug-likeness (QED) is 0.618. The average Bonchev–Trinajstić information content (AvgIpc) is 2.57. The Bertz CT molecular complexity index is 521. The first-order valence-electron chi connectivity index (χ1n) is 4.69. The summed E-state index contributed by atoms with van der Waals surface area (Å²) < 4.78 is 1.66. The average molecular weight is 236 g/mol. The maximum absolute atomic E-state index is 5.70. The number of nitrogen functional groups attached to an aromatic ring is 1. The molecule has 6 nitrogen and oxygen atoms in total. The summed E-state index contributed by atoms with van der Waals surface area (Å²) in [7, 11) is 0. The number of anilines is 1. The van der Waals surface area contributed by atoms with E-state index in [-0.39, 0.29) is 0 Å². The van der Waals surface area contributed by atoms with E-state index in [1.807, 2.05) is 20.1 Å². The largest absolute Gasteiger partial charge is 0.383 e. The van der Waals surface area contributed by atoms with Crippen LogP contribution in [0.15, 0.2) is 11.2 Å². The van der Waals surface area contributed by atoms with E-state index in [1.165, 1.54) is 11.8 Å². The van der Waals surface area contributed by atoms with Crippen molar-refractivity contribution in [3.05, 3.63) is 17.7 Å². The van der Waals surface area contributed by atoms with Crippen molar-refractivity contribution in [2.45, 2.75) is 19.0 Å². The van der Waals surface area contributed by atoms with Gasteiger partial charge in [-0.05, 0) is 20.1 Å². The van der Waals surface area contributed by atoms with E-state index in [1.54, 1.807) is 10.7 Å². The first-order valence-corrected chi connectivity index (χ1v) is 5.92. The van der Waals surface area contributed by atoms with Crippen LogP contribution in [0.2, 0.25) is 0 Å². The third-order valence-electron chi connectivity index (χ3n) is 1.99. The molecule has 16 heavy (non-hydrogen) atoms. The van der Waals surface area contributed by atoms with E-state index >= 15 is 0 Å². The summed E-state index contributed by atoms with van der Waals surface area (Å²) in [6.07, 6.45) is 1.90. The summed E-state index contributed by atoms with van der Waals surface area (Å²) >= 11 is 1.44. The van der Waals surface area contributed by atoms with Gasteiger partial charge in [-0.1, -0.05) is 11.8 Å². The number of hydrogen-bond donors (Lipinski definition) is 1. The van der Waals surface area contributed by atoms with Gasteiger partial charge in [0.25, 0.3) is 0 Å². The van der Waals surface area contributed by atoms with Crippen LogP contribution < -0.4 is 5.73 Å². The maximum Gasteiger partial charge on any atom is 0.191 e. The number of hydrogen-bond acceptors (Lipinski definition) is 6. The Labute approximate surface area is 97.3 Å². The van der Waals surface area contributed by atoms with Crippen LogP contribution in [0, 0.1) is 13.8 Å². The van der Waals surface area contributed by atoms with Crippen LogP contribution in [0.1, 0.15) is 11.6 Å². The third kappa shape index (κ3) is 1.99. The number of nitrogens with two attached hydrogens (primary N) is 1. The van der Waals surface area contributed by atoms with Gasteiger partial charge in [0.2, 0.25) is 0 Å². The first-order chi connectivity index (χ1) is 7.60. The molecule has 0 fully saturated rings. The molecule has 0 amide bonds. The Morgan fingerprint density at radius 3 is 2.56 bits per heavy atom. The van der Waals surface area contributed by atoms with Crippen LogP contribution in [-0.2, 0) is 0 Å². The van der Waals surface area contributed by atoms with Gasteiger partial charge in [-0.2, -0.15) is 4.68 Å². The van der Waals surface area contributed by atoms with E-state index < -0.39 is 0 Å². The Morgan fingerprint density at radius 2 is 2.00 bits per heavy atom. The predicted octanol–water partition coefficient (Wildman–Crippen LogP) is 0.978. The number of aryl methyl sites for hydroxylation is 2. The highest BCUT2D eigenvalue weighted by Crippen LogP contribution is 2.15. The van der Waals surface area contributed by atoms with Crippen molar-refractivity contribution in [3.63, 3.8) is 0 Å². The minimum Gasteiger partial charge on any atom is -0.383 e. The van der Waals surface area contributed by atoms with Crippen LogP contribution in [0.3, 0.4) is 0 Å². The van der Waals surface area contributed by atoms with Gasteiger partial charge >= 0.3 is 0 Å². The van der Waals surface area contributed by atoms with Crippen molar-refractivity contribution in [1.29, 1.82) is 0 Å². The molecule has 2 rings (SSSR count). The summed E-state index contributed by atoms with van der Waals surface area (Å²) in [5, 5.41) is 4.87. The van der Waals surface area contributed by atoms with Crippen LogP contribution in [0.4, 0.5) is 5.82 Å². The molecule has 0 aliphatic rings. The SMILES string of the molecule is CSc1nc(N)cc(-n2nc(C)nc2C)n1. The summed E-state index contributed by atoms with van der Waals surface area (Å²) in [6.45, 7) is 3.71. The fraction of sp³-hybridized carbons (Fsp3) is 0.333. The Hall–Kier alpha value is -1.63. The molecule has 0 atom stereocenters. The molecule has 0 aliphatic heterocycles. The maximum atomic E-state index is 5.70. The second-order valence-corrected chi connectivity index (χ2v) is 4.03. The highest BCUT2D eigenvalue weighted by Gasteiger charge is 2.08. The smallest absolute Gasteiger partial charge is 0.191 e. The lowest BCUT2D eigenvalue weighted by atomic mass is 10.5. The van der Waals surface area contributed by atoms with E-state index in [0.717, 1.165) is 5.82 Å². The second kappa shape index (κ2) is 4.09. The highest BCUT2D eigenvalue weighted by molar-refractivity contribution is 7.98. The number of nitrogens with zero attached hydrogens (tertiary/aromatic N) is 5. The van der Waals surface area contributed by atoms with Gasteiger partial charge in [-0.25, -0.2) is 15.0 Å². The lowest BCUT2D eigenvalue weighted by Crippen LogP contribution is -2.05. The zero-order valence-corrected chi connectivity index (χ0v) is 10.1. The van der Waals surface area contributed by atoms with Crippen molar-refractivity contribution in [2.75, 3.05) is 12.0 Å². The summed E-state index contributed by atoms with van der Waals surface area (Å²) in [5.74, 6) is 2.57. The molecule has 0 bridgehead atoms. The Morgan fingerprint density at radius 1 is 1.25 bits per heavy atom.